The number of carbonyl (C=O) groups is 2. The Labute approximate surface area is 111 Å². The van der Waals surface area contributed by atoms with E-state index in [1.54, 1.807) is 18.3 Å². The van der Waals surface area contributed by atoms with Crippen molar-refractivity contribution in [2.45, 2.75) is 18.4 Å². The van der Waals surface area contributed by atoms with Crippen molar-refractivity contribution in [3.63, 3.8) is 0 Å². The molecule has 18 heavy (non-hydrogen) atoms. The number of carbonyl (C=O) groups excluding carboxylic acids is 2. The minimum absolute atomic E-state index is 0.0124. The van der Waals surface area contributed by atoms with Crippen LogP contribution in [0.2, 0.25) is 0 Å². The van der Waals surface area contributed by atoms with Gasteiger partial charge >= 0.3 is 0 Å². The van der Waals surface area contributed by atoms with Gasteiger partial charge in [0.05, 0.1) is 12.1 Å². The first kappa shape index (κ1) is 14.5. The lowest BCUT2D eigenvalue weighted by Crippen LogP contribution is -2.37. The summed E-state index contributed by atoms with van der Waals surface area (Å²) in [6, 6.07) is 3.39. The fraction of sp³-hybridized carbons (Fsp3) is 0.417. The predicted molar refractivity (Wildman–Crippen MR) is 71.7 cm³/mol. The van der Waals surface area contributed by atoms with Crippen molar-refractivity contribution in [1.29, 1.82) is 0 Å². The molecule has 0 saturated carbocycles. The molecular formula is C12H17N3O2S. The lowest BCUT2D eigenvalue weighted by Gasteiger charge is -2.07. The van der Waals surface area contributed by atoms with Gasteiger partial charge in [-0.05, 0) is 24.8 Å². The molecule has 6 heteroatoms. The minimum atomic E-state index is -0.279. The Hall–Kier alpha value is -1.56. The fourth-order valence-corrected chi connectivity index (χ4v) is 1.86. The van der Waals surface area contributed by atoms with Crippen molar-refractivity contribution < 1.29 is 9.59 Å². The van der Waals surface area contributed by atoms with E-state index >= 15 is 0 Å². The smallest absolute Gasteiger partial charge is 0.254 e. The summed E-state index contributed by atoms with van der Waals surface area (Å²) in [6.45, 7) is 2.58. The maximum absolute atomic E-state index is 11.9. The Morgan fingerprint density at radius 3 is 2.83 bits per heavy atom. The maximum atomic E-state index is 11.9. The van der Waals surface area contributed by atoms with Crippen molar-refractivity contribution in [3.8, 4) is 0 Å². The molecule has 2 amide bonds. The number of amides is 2. The van der Waals surface area contributed by atoms with E-state index in [-0.39, 0.29) is 18.4 Å². The lowest BCUT2D eigenvalue weighted by atomic mass is 10.2. The Morgan fingerprint density at radius 1 is 1.39 bits per heavy atom. The van der Waals surface area contributed by atoms with Crippen LogP contribution in [0.4, 0.5) is 0 Å². The second-order valence-electron chi connectivity index (χ2n) is 3.59. The summed E-state index contributed by atoms with van der Waals surface area (Å²) in [4.78, 5) is 27.3. The number of aromatic nitrogens is 1. The highest BCUT2D eigenvalue weighted by Crippen LogP contribution is 2.16. The van der Waals surface area contributed by atoms with Crippen molar-refractivity contribution >= 4 is 23.6 Å². The van der Waals surface area contributed by atoms with E-state index < -0.39 is 0 Å². The molecule has 0 aliphatic heterocycles. The second kappa shape index (κ2) is 7.71. The molecule has 0 unspecified atom stereocenters. The molecule has 2 N–H and O–H groups in total. The SMILES string of the molecule is CCCNC(=O)CNC(=O)c1cccnc1SC. The van der Waals surface area contributed by atoms with Crippen LogP contribution in [0.15, 0.2) is 23.4 Å². The third-order valence-corrected chi connectivity index (χ3v) is 2.90. The first-order chi connectivity index (χ1) is 8.69. The Balaban J connectivity index is 2.52. The van der Waals surface area contributed by atoms with E-state index in [0.717, 1.165) is 6.42 Å². The van der Waals surface area contributed by atoms with Gasteiger partial charge in [-0.1, -0.05) is 6.92 Å². The molecule has 0 atom stereocenters. The van der Waals surface area contributed by atoms with Gasteiger partial charge in [-0.15, -0.1) is 11.8 Å². The molecule has 1 aromatic heterocycles. The molecule has 0 fully saturated rings. The summed E-state index contributed by atoms with van der Waals surface area (Å²) >= 11 is 1.40. The molecule has 1 rings (SSSR count). The predicted octanol–water partition coefficient (Wildman–Crippen LogP) is 1.06. The van der Waals surface area contributed by atoms with Crippen molar-refractivity contribution in [2.75, 3.05) is 19.3 Å². The van der Waals surface area contributed by atoms with Gasteiger partial charge in [-0.2, -0.15) is 0 Å². The van der Waals surface area contributed by atoms with Crippen LogP contribution in [0.3, 0.4) is 0 Å². The summed E-state index contributed by atoms with van der Waals surface area (Å²) < 4.78 is 0. The number of pyridine rings is 1. The molecule has 0 aliphatic rings. The summed E-state index contributed by atoms with van der Waals surface area (Å²) in [6.07, 6.45) is 4.36. The number of nitrogens with one attached hydrogen (secondary N) is 2. The first-order valence-electron chi connectivity index (χ1n) is 5.73. The van der Waals surface area contributed by atoms with Gasteiger partial charge in [-0.3, -0.25) is 9.59 Å². The zero-order chi connectivity index (χ0) is 13.4. The third kappa shape index (κ3) is 4.37. The largest absolute Gasteiger partial charge is 0.355 e. The van der Waals surface area contributed by atoms with E-state index in [1.165, 1.54) is 11.8 Å². The van der Waals surface area contributed by atoms with Gasteiger partial charge in [-0.25, -0.2) is 4.98 Å². The van der Waals surface area contributed by atoms with Crippen LogP contribution in [-0.4, -0.2) is 36.1 Å². The van der Waals surface area contributed by atoms with Gasteiger partial charge < -0.3 is 10.6 Å². The third-order valence-electron chi connectivity index (χ3n) is 2.19. The Bertz CT molecular complexity index is 424. The standard InChI is InChI=1S/C12H17N3O2S/c1-3-6-13-10(16)8-15-11(17)9-5-4-7-14-12(9)18-2/h4-5,7H,3,6,8H2,1-2H3,(H,13,16)(H,15,17). The van der Waals surface area contributed by atoms with Crippen LogP contribution >= 0.6 is 11.8 Å². The van der Waals surface area contributed by atoms with Crippen LogP contribution in [0.25, 0.3) is 0 Å². The molecule has 0 saturated heterocycles. The van der Waals surface area contributed by atoms with Gasteiger partial charge in [0.2, 0.25) is 5.91 Å². The monoisotopic (exact) mass is 267 g/mol. The molecule has 0 aromatic carbocycles. The van der Waals surface area contributed by atoms with Gasteiger partial charge in [0.15, 0.2) is 0 Å². The summed E-state index contributed by atoms with van der Waals surface area (Å²) in [5, 5.41) is 5.93. The number of thioether (sulfide) groups is 1. The molecule has 0 aliphatic carbocycles. The van der Waals surface area contributed by atoms with Gasteiger partial charge in [0, 0.05) is 12.7 Å². The van der Waals surface area contributed by atoms with Crippen molar-refractivity contribution in [1.82, 2.24) is 15.6 Å². The second-order valence-corrected chi connectivity index (χ2v) is 4.39. The number of hydrogen-bond donors (Lipinski definition) is 2. The lowest BCUT2D eigenvalue weighted by molar-refractivity contribution is -0.120. The zero-order valence-electron chi connectivity index (χ0n) is 10.5. The highest BCUT2D eigenvalue weighted by Gasteiger charge is 2.12. The molecule has 5 nitrogen and oxygen atoms in total. The van der Waals surface area contributed by atoms with E-state index in [1.807, 2.05) is 13.2 Å². The van der Waals surface area contributed by atoms with Crippen molar-refractivity contribution in [2.24, 2.45) is 0 Å². The normalized spacial score (nSPS) is 9.89. The highest BCUT2D eigenvalue weighted by molar-refractivity contribution is 7.98. The zero-order valence-corrected chi connectivity index (χ0v) is 11.3. The summed E-state index contributed by atoms with van der Waals surface area (Å²) in [5.41, 5.74) is 0.494. The molecule has 98 valence electrons. The maximum Gasteiger partial charge on any atom is 0.254 e. The van der Waals surface area contributed by atoms with E-state index in [9.17, 15) is 9.59 Å². The van der Waals surface area contributed by atoms with Crippen LogP contribution in [0.1, 0.15) is 23.7 Å². The van der Waals surface area contributed by atoms with Crippen LogP contribution in [0.5, 0.6) is 0 Å². The average molecular weight is 267 g/mol. The molecular weight excluding hydrogens is 250 g/mol. The molecule has 0 spiro atoms. The van der Waals surface area contributed by atoms with Gasteiger partial charge in [0.25, 0.3) is 5.91 Å². The first-order valence-corrected chi connectivity index (χ1v) is 6.95. The van der Waals surface area contributed by atoms with Gasteiger partial charge in [0.1, 0.15) is 5.03 Å². The Kier molecular flexibility index (Phi) is 6.21. The molecule has 0 bridgehead atoms. The van der Waals surface area contributed by atoms with E-state index in [0.29, 0.717) is 17.1 Å². The van der Waals surface area contributed by atoms with Crippen molar-refractivity contribution in [3.05, 3.63) is 23.9 Å². The topological polar surface area (TPSA) is 71.1 Å². The molecule has 0 radical (unpaired) electrons. The number of nitrogens with zero attached hydrogens (tertiary/aromatic N) is 1. The number of rotatable bonds is 6. The summed E-state index contributed by atoms with van der Waals surface area (Å²) in [5.74, 6) is -0.459. The van der Waals surface area contributed by atoms with Crippen LogP contribution in [0, 0.1) is 0 Å². The van der Waals surface area contributed by atoms with E-state index in [2.05, 4.69) is 15.6 Å². The molecule has 1 heterocycles. The average Bonchev–Trinajstić information content (AvgIpc) is 2.42. The highest BCUT2D eigenvalue weighted by atomic mass is 32.2. The fourth-order valence-electron chi connectivity index (χ4n) is 1.31. The molecule has 1 aromatic rings. The Morgan fingerprint density at radius 2 is 2.17 bits per heavy atom. The van der Waals surface area contributed by atoms with Crippen LogP contribution in [-0.2, 0) is 4.79 Å². The number of hydrogen-bond acceptors (Lipinski definition) is 4. The minimum Gasteiger partial charge on any atom is -0.355 e. The quantitative estimate of drug-likeness (QED) is 0.756. The summed E-state index contributed by atoms with van der Waals surface area (Å²) in [7, 11) is 0. The van der Waals surface area contributed by atoms with Crippen LogP contribution < -0.4 is 10.6 Å². The van der Waals surface area contributed by atoms with E-state index in [4.69, 9.17) is 0 Å².